The molecule has 0 saturated heterocycles. The molecule has 6 nitrogen and oxygen atoms in total. The van der Waals surface area contributed by atoms with Gasteiger partial charge in [-0.15, -0.1) is 0 Å². The van der Waals surface area contributed by atoms with Crippen LogP contribution in [0.25, 0.3) is 0 Å². The van der Waals surface area contributed by atoms with Gasteiger partial charge in [0, 0.05) is 12.3 Å². The van der Waals surface area contributed by atoms with Crippen LogP contribution in [0.2, 0.25) is 5.02 Å². The molecule has 0 aliphatic rings. The van der Waals surface area contributed by atoms with E-state index in [1.807, 2.05) is 0 Å². The highest BCUT2D eigenvalue weighted by atomic mass is 35.5. The second-order valence-electron chi connectivity index (χ2n) is 3.75. The van der Waals surface area contributed by atoms with Crippen LogP contribution < -0.4 is 0 Å². The fourth-order valence-corrected chi connectivity index (χ4v) is 2.63. The largest absolute Gasteiger partial charge is 0.478 e. The van der Waals surface area contributed by atoms with Gasteiger partial charge in [0.05, 0.1) is 20.4 Å². The highest BCUT2D eigenvalue weighted by molar-refractivity contribution is 7.99. The summed E-state index contributed by atoms with van der Waals surface area (Å²) in [7, 11) is 0. The van der Waals surface area contributed by atoms with E-state index in [1.165, 1.54) is 18.3 Å². The van der Waals surface area contributed by atoms with Crippen molar-refractivity contribution in [1.29, 1.82) is 0 Å². The van der Waals surface area contributed by atoms with Gasteiger partial charge in [0.1, 0.15) is 10.8 Å². The SMILES string of the molecule is O=C(O)c1cccnc1Sc1cc(F)c(Cl)cc1[N+](=O)[O-]. The Morgan fingerprint density at radius 1 is 1.48 bits per heavy atom. The number of pyridine rings is 1. The monoisotopic (exact) mass is 328 g/mol. The molecule has 1 aromatic heterocycles. The number of rotatable bonds is 4. The summed E-state index contributed by atoms with van der Waals surface area (Å²) in [5.74, 6) is -2.07. The summed E-state index contributed by atoms with van der Waals surface area (Å²) in [5, 5.41) is 19.6. The Kier molecular flexibility index (Phi) is 4.39. The zero-order chi connectivity index (χ0) is 15.6. The van der Waals surface area contributed by atoms with E-state index >= 15 is 0 Å². The normalized spacial score (nSPS) is 10.4. The zero-order valence-electron chi connectivity index (χ0n) is 10.1. The Bertz CT molecular complexity index is 741. The summed E-state index contributed by atoms with van der Waals surface area (Å²) in [5.41, 5.74) is -0.555. The molecule has 2 aromatic rings. The van der Waals surface area contributed by atoms with Crippen LogP contribution in [-0.4, -0.2) is 21.0 Å². The summed E-state index contributed by atoms with van der Waals surface area (Å²) in [6, 6.07) is 4.48. The number of carboxylic acid groups (broad SMARTS) is 1. The van der Waals surface area contributed by atoms with Gasteiger partial charge in [-0.05, 0) is 18.2 Å². The number of carboxylic acids is 1. The first kappa shape index (κ1) is 15.2. The van der Waals surface area contributed by atoms with Crippen molar-refractivity contribution in [3.63, 3.8) is 0 Å². The van der Waals surface area contributed by atoms with Gasteiger partial charge >= 0.3 is 5.97 Å². The van der Waals surface area contributed by atoms with Crippen LogP contribution >= 0.6 is 23.4 Å². The van der Waals surface area contributed by atoms with E-state index < -0.39 is 22.4 Å². The molecule has 0 atom stereocenters. The second kappa shape index (κ2) is 6.06. The van der Waals surface area contributed by atoms with Gasteiger partial charge in [-0.1, -0.05) is 23.4 Å². The van der Waals surface area contributed by atoms with E-state index in [4.69, 9.17) is 16.7 Å². The van der Waals surface area contributed by atoms with Crippen molar-refractivity contribution in [2.45, 2.75) is 9.92 Å². The molecule has 2 rings (SSSR count). The van der Waals surface area contributed by atoms with Gasteiger partial charge in [-0.2, -0.15) is 0 Å². The number of halogens is 2. The topological polar surface area (TPSA) is 93.3 Å². The molecule has 0 aliphatic heterocycles. The molecule has 1 N–H and O–H groups in total. The first-order valence-electron chi connectivity index (χ1n) is 5.39. The summed E-state index contributed by atoms with van der Waals surface area (Å²) >= 11 is 6.20. The van der Waals surface area contributed by atoms with Gasteiger partial charge in [0.15, 0.2) is 0 Å². The first-order valence-corrected chi connectivity index (χ1v) is 6.59. The molecular weight excluding hydrogens is 323 g/mol. The quantitative estimate of drug-likeness (QED) is 0.680. The Morgan fingerprint density at radius 2 is 2.19 bits per heavy atom. The van der Waals surface area contributed by atoms with Gasteiger partial charge in [0.25, 0.3) is 5.69 Å². The molecule has 0 spiro atoms. The molecule has 9 heteroatoms. The summed E-state index contributed by atoms with van der Waals surface area (Å²) in [4.78, 5) is 25.1. The van der Waals surface area contributed by atoms with Crippen LogP contribution in [0.5, 0.6) is 0 Å². The molecule has 108 valence electrons. The Labute approximate surface area is 126 Å². The number of aromatic nitrogens is 1. The van der Waals surface area contributed by atoms with E-state index in [2.05, 4.69) is 4.98 Å². The predicted octanol–water partition coefficient (Wildman–Crippen LogP) is 3.63. The van der Waals surface area contributed by atoms with Gasteiger partial charge < -0.3 is 5.11 Å². The van der Waals surface area contributed by atoms with Gasteiger partial charge in [0.2, 0.25) is 0 Å². The van der Waals surface area contributed by atoms with E-state index in [-0.39, 0.29) is 20.5 Å². The highest BCUT2D eigenvalue weighted by Crippen LogP contribution is 2.37. The predicted molar refractivity (Wildman–Crippen MR) is 73.4 cm³/mol. The third-order valence-electron chi connectivity index (χ3n) is 2.41. The Hall–Kier alpha value is -2.19. The van der Waals surface area contributed by atoms with Gasteiger partial charge in [-0.3, -0.25) is 10.1 Å². The number of hydrogen-bond acceptors (Lipinski definition) is 5. The zero-order valence-corrected chi connectivity index (χ0v) is 11.7. The average Bonchev–Trinajstić information content (AvgIpc) is 2.42. The van der Waals surface area contributed by atoms with Crippen LogP contribution in [-0.2, 0) is 0 Å². The number of nitrogens with zero attached hydrogens (tertiary/aromatic N) is 2. The summed E-state index contributed by atoms with van der Waals surface area (Å²) in [6.07, 6.45) is 1.34. The molecule has 21 heavy (non-hydrogen) atoms. The molecule has 1 aromatic carbocycles. The minimum Gasteiger partial charge on any atom is -0.478 e. The third kappa shape index (κ3) is 3.29. The lowest BCUT2D eigenvalue weighted by molar-refractivity contribution is -0.387. The van der Waals surface area contributed by atoms with Crippen molar-refractivity contribution in [3.05, 3.63) is 57.0 Å². The second-order valence-corrected chi connectivity index (χ2v) is 5.19. The molecular formula is C12H6ClFN2O4S. The lowest BCUT2D eigenvalue weighted by Gasteiger charge is -2.06. The maximum absolute atomic E-state index is 13.5. The van der Waals surface area contributed by atoms with Crippen LogP contribution in [0.1, 0.15) is 10.4 Å². The fourth-order valence-electron chi connectivity index (χ4n) is 1.48. The van der Waals surface area contributed by atoms with Crippen molar-refractivity contribution >= 4 is 35.0 Å². The fraction of sp³-hybridized carbons (Fsp3) is 0. The molecule has 0 unspecified atom stereocenters. The molecule has 1 heterocycles. The van der Waals surface area contributed by atoms with Crippen molar-refractivity contribution in [3.8, 4) is 0 Å². The maximum atomic E-state index is 13.5. The number of aromatic carboxylic acids is 1. The van der Waals surface area contributed by atoms with E-state index in [9.17, 15) is 19.3 Å². The minimum absolute atomic E-state index is 0.0230. The maximum Gasteiger partial charge on any atom is 0.338 e. The lowest BCUT2D eigenvalue weighted by Crippen LogP contribution is -2.01. The van der Waals surface area contributed by atoms with Gasteiger partial charge in [-0.25, -0.2) is 14.2 Å². The number of nitro groups is 1. The summed E-state index contributed by atoms with van der Waals surface area (Å²) < 4.78 is 13.5. The average molecular weight is 329 g/mol. The van der Waals surface area contributed by atoms with Crippen molar-refractivity contribution in [1.82, 2.24) is 4.98 Å². The minimum atomic E-state index is -1.23. The van der Waals surface area contributed by atoms with Crippen LogP contribution in [0.4, 0.5) is 10.1 Å². The van der Waals surface area contributed by atoms with Crippen molar-refractivity contribution < 1.29 is 19.2 Å². The Morgan fingerprint density at radius 3 is 2.81 bits per heavy atom. The smallest absolute Gasteiger partial charge is 0.338 e. The molecule has 0 amide bonds. The third-order valence-corrected chi connectivity index (χ3v) is 3.76. The first-order chi connectivity index (χ1) is 9.90. The summed E-state index contributed by atoms with van der Waals surface area (Å²) in [6.45, 7) is 0. The van der Waals surface area contributed by atoms with Crippen LogP contribution in [0.15, 0.2) is 40.4 Å². The highest BCUT2D eigenvalue weighted by Gasteiger charge is 2.21. The number of nitro benzene ring substituents is 1. The number of hydrogen-bond donors (Lipinski definition) is 1. The van der Waals surface area contributed by atoms with E-state index in [0.717, 1.165) is 12.1 Å². The number of carbonyl (C=O) groups is 1. The molecule has 0 bridgehead atoms. The van der Waals surface area contributed by atoms with Crippen LogP contribution in [0.3, 0.4) is 0 Å². The van der Waals surface area contributed by atoms with Crippen molar-refractivity contribution in [2.75, 3.05) is 0 Å². The molecule has 0 saturated carbocycles. The van der Waals surface area contributed by atoms with Crippen LogP contribution in [0, 0.1) is 15.9 Å². The molecule has 0 aliphatic carbocycles. The van der Waals surface area contributed by atoms with Crippen molar-refractivity contribution in [2.24, 2.45) is 0 Å². The number of benzene rings is 1. The molecule has 0 radical (unpaired) electrons. The van der Waals surface area contributed by atoms with E-state index in [0.29, 0.717) is 11.8 Å². The Balaban J connectivity index is 2.52. The standard InChI is InChI=1S/C12H6ClFN2O4S/c13-7-4-9(16(19)20)10(5-8(7)14)21-11-6(12(17)18)2-1-3-15-11/h1-5H,(H,17,18). The van der Waals surface area contributed by atoms with E-state index in [1.54, 1.807) is 0 Å². The lowest BCUT2D eigenvalue weighted by atomic mass is 10.3. The molecule has 0 fully saturated rings.